The summed E-state index contributed by atoms with van der Waals surface area (Å²) < 4.78 is 0. The van der Waals surface area contributed by atoms with Crippen molar-refractivity contribution in [2.75, 3.05) is 0 Å². The highest BCUT2D eigenvalue weighted by molar-refractivity contribution is 5.85. The summed E-state index contributed by atoms with van der Waals surface area (Å²) >= 11 is 0. The average molecular weight is 77.5 g/mol. The van der Waals surface area contributed by atoms with Crippen LogP contribution < -0.4 is 0 Å². The van der Waals surface area contributed by atoms with Crippen molar-refractivity contribution in [3.05, 3.63) is 6.58 Å². The Kier molecular flexibility index (Phi) is 35.1. The van der Waals surface area contributed by atoms with Crippen molar-refractivity contribution in [3.63, 3.8) is 0 Å². The minimum Gasteiger partial charge on any atom is -0.259 e. The summed E-state index contributed by atoms with van der Waals surface area (Å²) in [6.45, 7) is 2.90. The van der Waals surface area contributed by atoms with E-state index in [1.165, 1.54) is 0 Å². The van der Waals surface area contributed by atoms with E-state index < -0.39 is 0 Å². The van der Waals surface area contributed by atoms with Crippen LogP contribution >= 0.6 is 12.4 Å². The zero-order chi connectivity index (χ0) is 2.71. The second kappa shape index (κ2) is 15.1. The van der Waals surface area contributed by atoms with Crippen molar-refractivity contribution in [2.45, 2.75) is 0 Å². The van der Waals surface area contributed by atoms with Crippen molar-refractivity contribution in [3.8, 4) is 0 Å². The van der Waals surface area contributed by atoms with Crippen molar-refractivity contribution in [2.24, 2.45) is 0 Å². The van der Waals surface area contributed by atoms with Gasteiger partial charge in [-0.15, -0.1) is 12.4 Å². The molecule has 0 spiro atoms. The molecule has 0 radical (unpaired) electrons. The molecule has 0 heterocycles. The number of rotatable bonds is 0. The molecule has 0 aromatic rings. The predicted molar refractivity (Wildman–Crippen MR) is 20.6 cm³/mol. The van der Waals surface area contributed by atoms with Gasteiger partial charge in [-0.3, -0.25) is 5.41 Å². The zero-order valence-electron chi connectivity index (χ0n) is 2.12. The fourth-order valence-electron chi connectivity index (χ4n) is 0. The van der Waals surface area contributed by atoms with Crippen LogP contribution in [0.3, 0.4) is 0 Å². The molecule has 0 rings (SSSR count). The zero-order valence-corrected chi connectivity index (χ0v) is 2.93. The molecule has 24 valence electrons. The molecule has 0 aromatic heterocycles. The summed E-state index contributed by atoms with van der Waals surface area (Å²) in [5.74, 6) is 1.75. The van der Waals surface area contributed by atoms with Crippen LogP contribution in [0.1, 0.15) is 0 Å². The standard InChI is InChI=1S/C2H3N.ClH/c1-2-3;/h3H,1H2;1H. The average Bonchev–Trinajstić information content (AvgIpc) is 0.918. The van der Waals surface area contributed by atoms with Gasteiger partial charge >= 0.3 is 0 Å². The molecule has 0 amide bonds. The van der Waals surface area contributed by atoms with Crippen LogP contribution in [0.5, 0.6) is 0 Å². The predicted octanol–water partition coefficient (Wildman–Crippen LogP) is 0.843. The lowest BCUT2D eigenvalue weighted by atomic mass is 11.2. The third kappa shape index (κ3) is 14.1. The minimum absolute atomic E-state index is 0. The summed E-state index contributed by atoms with van der Waals surface area (Å²) in [7, 11) is 0. The van der Waals surface area contributed by atoms with Gasteiger partial charge in [-0.25, -0.2) is 0 Å². The van der Waals surface area contributed by atoms with Gasteiger partial charge in [0.25, 0.3) is 0 Å². The maximum atomic E-state index is 5.85. The van der Waals surface area contributed by atoms with E-state index in [0.29, 0.717) is 0 Å². The Hall–Kier alpha value is -0.260. The topological polar surface area (TPSA) is 23.9 Å². The maximum Gasteiger partial charge on any atom is -0.0306 e. The molecular weight excluding hydrogens is 73.5 g/mol. The van der Waals surface area contributed by atoms with E-state index in [-0.39, 0.29) is 12.4 Å². The highest BCUT2D eigenvalue weighted by atomic mass is 35.5. The quantitative estimate of drug-likeness (QED) is 0.415. The first-order chi connectivity index (χ1) is 1.41. The Morgan fingerprint density at radius 3 is 1.75 bits per heavy atom. The minimum atomic E-state index is 0. The second-order valence-electron chi connectivity index (χ2n) is 0.177. The second-order valence-corrected chi connectivity index (χ2v) is 0.177. The third-order valence-corrected chi connectivity index (χ3v) is 0. The summed E-state index contributed by atoms with van der Waals surface area (Å²) in [5, 5.41) is 5.85. The van der Waals surface area contributed by atoms with Crippen molar-refractivity contribution >= 4 is 18.3 Å². The Bertz CT molecular complexity index is 27.0. The third-order valence-electron chi connectivity index (χ3n) is 0. The number of hydrogen-bond acceptors (Lipinski definition) is 1. The maximum absolute atomic E-state index is 5.85. The number of nitrogens with one attached hydrogen (secondary N) is 1. The van der Waals surface area contributed by atoms with Crippen LogP contribution in [-0.2, 0) is 0 Å². The highest BCUT2D eigenvalue weighted by Gasteiger charge is 0.918. The Balaban J connectivity index is 0. The van der Waals surface area contributed by atoms with E-state index in [2.05, 4.69) is 6.58 Å². The van der Waals surface area contributed by atoms with Gasteiger partial charge in [0.15, 0.2) is 0 Å². The van der Waals surface area contributed by atoms with Crippen LogP contribution in [0.25, 0.3) is 0 Å². The first kappa shape index (κ1) is 9.27. The lowest BCUT2D eigenvalue weighted by Crippen LogP contribution is -1.10. The molecule has 4 heavy (non-hydrogen) atoms. The molecule has 0 saturated heterocycles. The summed E-state index contributed by atoms with van der Waals surface area (Å²) in [4.78, 5) is 0. The lowest BCUT2D eigenvalue weighted by molar-refractivity contribution is 1.60. The number of hydrogen-bond donors (Lipinski definition) is 1. The fraction of sp³-hybridized carbons (Fsp3) is 0. The molecule has 0 aromatic carbocycles. The summed E-state index contributed by atoms with van der Waals surface area (Å²) in [5.41, 5.74) is 0. The van der Waals surface area contributed by atoms with Crippen molar-refractivity contribution in [1.82, 2.24) is 0 Å². The van der Waals surface area contributed by atoms with Gasteiger partial charge in [0, 0.05) is 0 Å². The van der Waals surface area contributed by atoms with Crippen molar-refractivity contribution in [1.29, 1.82) is 5.41 Å². The fourth-order valence-corrected chi connectivity index (χ4v) is 0. The molecule has 0 saturated carbocycles. The Labute approximate surface area is 31.3 Å². The van der Waals surface area contributed by atoms with Crippen molar-refractivity contribution < 1.29 is 0 Å². The van der Waals surface area contributed by atoms with E-state index in [4.69, 9.17) is 5.41 Å². The van der Waals surface area contributed by atoms with Gasteiger partial charge in [0.2, 0.25) is 0 Å². The van der Waals surface area contributed by atoms with Gasteiger partial charge < -0.3 is 0 Å². The molecule has 0 aliphatic rings. The largest absolute Gasteiger partial charge is 0.259 e. The molecule has 0 unspecified atom stereocenters. The SMILES string of the molecule is C=C=N.Cl. The van der Waals surface area contributed by atoms with E-state index >= 15 is 0 Å². The van der Waals surface area contributed by atoms with Gasteiger partial charge in [-0.2, -0.15) is 0 Å². The Morgan fingerprint density at radius 1 is 1.75 bits per heavy atom. The van der Waals surface area contributed by atoms with E-state index in [1.54, 1.807) is 5.87 Å². The Morgan fingerprint density at radius 2 is 1.75 bits per heavy atom. The summed E-state index contributed by atoms with van der Waals surface area (Å²) in [6.07, 6.45) is 0. The monoisotopic (exact) mass is 77.0 g/mol. The highest BCUT2D eigenvalue weighted by Crippen LogP contribution is 0.942. The van der Waals surface area contributed by atoms with Crippen LogP contribution in [0, 0.1) is 5.41 Å². The van der Waals surface area contributed by atoms with Gasteiger partial charge in [-0.05, 0) is 12.4 Å². The number of halogens is 1. The van der Waals surface area contributed by atoms with Crippen LogP contribution in [0.2, 0.25) is 0 Å². The van der Waals surface area contributed by atoms with E-state index in [0.717, 1.165) is 0 Å². The summed E-state index contributed by atoms with van der Waals surface area (Å²) in [6, 6.07) is 0. The van der Waals surface area contributed by atoms with Gasteiger partial charge in [-0.1, -0.05) is 0 Å². The molecule has 1 N–H and O–H groups in total. The molecule has 0 aliphatic heterocycles. The molecule has 0 bridgehead atoms. The van der Waals surface area contributed by atoms with Crippen LogP contribution in [0.15, 0.2) is 6.58 Å². The molecule has 1 nitrogen and oxygen atoms in total. The van der Waals surface area contributed by atoms with Gasteiger partial charge in [0.05, 0.1) is 0 Å². The van der Waals surface area contributed by atoms with E-state index in [9.17, 15) is 0 Å². The molecule has 0 atom stereocenters. The molecule has 0 aliphatic carbocycles. The smallest absolute Gasteiger partial charge is 0.0306 e. The molecular formula is C2H4ClN. The molecule has 0 fully saturated rings. The van der Waals surface area contributed by atoms with Gasteiger partial charge in [0.1, 0.15) is 0 Å². The van der Waals surface area contributed by atoms with Crippen LogP contribution in [0.4, 0.5) is 0 Å². The normalized spacial score (nSPS) is 2.00. The first-order valence-electron chi connectivity index (χ1n) is 0.604. The first-order valence-corrected chi connectivity index (χ1v) is 0.604. The van der Waals surface area contributed by atoms with Crippen LogP contribution in [-0.4, -0.2) is 5.87 Å². The molecule has 2 heteroatoms. The van der Waals surface area contributed by atoms with E-state index in [1.807, 2.05) is 0 Å². The lowest BCUT2D eigenvalue weighted by Gasteiger charge is -1.10.